The second-order valence-corrected chi connectivity index (χ2v) is 11.7. The summed E-state index contributed by atoms with van der Waals surface area (Å²) in [6.07, 6.45) is 0. The van der Waals surface area contributed by atoms with Crippen LogP contribution in [-0.4, -0.2) is 45.2 Å². The van der Waals surface area contributed by atoms with E-state index in [0.29, 0.717) is 0 Å². The molecular weight excluding hydrogens is 512 g/mol. The van der Waals surface area contributed by atoms with Crippen LogP contribution < -0.4 is 10.5 Å². The smallest absolute Gasteiger partial charge is 0.296 e. The number of aromatic hydroxyl groups is 1. The molecule has 3 aromatic rings. The third-order valence-corrected chi connectivity index (χ3v) is 7.54. The maximum Gasteiger partial charge on any atom is 0.296 e. The largest absolute Gasteiger partial charge is 0.507 e. The van der Waals surface area contributed by atoms with Crippen molar-refractivity contribution in [2.45, 2.75) is 16.7 Å². The fraction of sp³-hybridized carbons (Fsp3) is 0.111. The van der Waals surface area contributed by atoms with E-state index in [4.69, 9.17) is 5.73 Å². The first-order chi connectivity index (χ1) is 15.6. The van der Waals surface area contributed by atoms with Crippen LogP contribution in [0.2, 0.25) is 0 Å². The van der Waals surface area contributed by atoms with Crippen LogP contribution in [0.15, 0.2) is 62.5 Å². The molecule has 0 atom stereocenters. The van der Waals surface area contributed by atoms with Crippen LogP contribution in [0.1, 0.15) is 6.92 Å². The Hall–Kier alpha value is -3.31. The van der Waals surface area contributed by atoms with Gasteiger partial charge in [0.15, 0.2) is 0 Å². The fourth-order valence-electron chi connectivity index (χ4n) is 2.89. The predicted molar refractivity (Wildman–Crippen MR) is 123 cm³/mol. The first kappa shape index (κ1) is 25.3. The summed E-state index contributed by atoms with van der Waals surface area (Å²) in [5.41, 5.74) is 5.19. The summed E-state index contributed by atoms with van der Waals surface area (Å²) in [5, 5.41) is 18.1. The fourth-order valence-corrected chi connectivity index (χ4v) is 4.71. The average molecular weight is 531 g/mol. The van der Waals surface area contributed by atoms with Gasteiger partial charge in [0.05, 0.1) is 27.4 Å². The average Bonchev–Trinajstić information content (AvgIpc) is 2.72. The molecule has 182 valence electrons. The molecule has 0 saturated carbocycles. The predicted octanol–water partition coefficient (Wildman–Crippen LogP) is 2.80. The zero-order valence-electron chi connectivity index (χ0n) is 17.2. The number of benzene rings is 3. The van der Waals surface area contributed by atoms with E-state index in [1.165, 1.54) is 25.1 Å². The zero-order chi connectivity index (χ0) is 25.5. The molecule has 0 heterocycles. The number of azo groups is 1. The maximum atomic E-state index is 11.8. The second-order valence-electron chi connectivity index (χ2n) is 6.88. The molecule has 13 nitrogen and oxygen atoms in total. The van der Waals surface area contributed by atoms with Gasteiger partial charge in [-0.25, -0.2) is 8.42 Å². The summed E-state index contributed by atoms with van der Waals surface area (Å²) in [6.45, 7) is 1.37. The number of fused-ring (bicyclic) bond motifs is 1. The molecule has 3 rings (SSSR count). The Morgan fingerprint density at radius 3 is 2.18 bits per heavy atom. The van der Waals surface area contributed by atoms with Crippen molar-refractivity contribution in [1.82, 2.24) is 0 Å². The number of nitrogens with two attached hydrogens (primary N) is 1. The molecule has 0 radical (unpaired) electrons. The Morgan fingerprint density at radius 2 is 1.59 bits per heavy atom. The van der Waals surface area contributed by atoms with E-state index in [9.17, 15) is 39.5 Å². The van der Waals surface area contributed by atoms with Gasteiger partial charge in [-0.2, -0.15) is 16.8 Å². The number of rotatable bonds is 7. The number of hydrogen-bond acceptors (Lipinski definition) is 10. The van der Waals surface area contributed by atoms with Gasteiger partial charge in [-0.1, -0.05) is 6.07 Å². The van der Waals surface area contributed by atoms with Gasteiger partial charge in [0.1, 0.15) is 22.0 Å². The lowest BCUT2D eigenvalue weighted by Crippen LogP contribution is -2.14. The minimum atomic E-state index is -4.87. The standard InChI is InChI=1S/C18H18N4O9S3/c1-2-32(24,25)22-11-4-6-14(16(8-11)34(29,30)31)20-21-18-13(19)5-3-10-7-12(33(26,27)28)9-15(23)17(10)18/h3-9,22-23H,2,19H2,1H3,(H,26,27,28)(H,29,30,31). The monoisotopic (exact) mass is 530 g/mol. The number of phenolic OH excluding ortho intramolecular Hbond substituents is 1. The van der Waals surface area contributed by atoms with Gasteiger partial charge in [0, 0.05) is 6.07 Å². The van der Waals surface area contributed by atoms with Crippen molar-refractivity contribution in [3.05, 3.63) is 42.5 Å². The number of sulfonamides is 1. The summed E-state index contributed by atoms with van der Waals surface area (Å²) in [7, 11) is -13.2. The van der Waals surface area contributed by atoms with Crippen molar-refractivity contribution < 1.29 is 39.5 Å². The molecule has 0 aliphatic carbocycles. The number of phenols is 1. The highest BCUT2D eigenvalue weighted by Gasteiger charge is 2.20. The van der Waals surface area contributed by atoms with Gasteiger partial charge in [-0.15, -0.1) is 10.2 Å². The van der Waals surface area contributed by atoms with Crippen molar-refractivity contribution in [2.24, 2.45) is 10.2 Å². The van der Waals surface area contributed by atoms with Crippen molar-refractivity contribution >= 4 is 63.8 Å². The second kappa shape index (κ2) is 8.80. The number of nitrogen functional groups attached to an aromatic ring is 1. The maximum absolute atomic E-state index is 11.8. The highest BCUT2D eigenvalue weighted by molar-refractivity contribution is 7.92. The van der Waals surface area contributed by atoms with Crippen molar-refractivity contribution in [2.75, 3.05) is 16.2 Å². The topological polar surface area (TPSA) is 226 Å². The van der Waals surface area contributed by atoms with Gasteiger partial charge >= 0.3 is 0 Å². The third kappa shape index (κ3) is 5.42. The minimum absolute atomic E-state index is 0.0214. The van der Waals surface area contributed by atoms with Gasteiger partial charge < -0.3 is 10.8 Å². The zero-order valence-corrected chi connectivity index (χ0v) is 19.7. The van der Waals surface area contributed by atoms with Crippen LogP contribution in [0.3, 0.4) is 0 Å². The van der Waals surface area contributed by atoms with Crippen LogP contribution in [0, 0.1) is 0 Å². The third-order valence-electron chi connectivity index (χ3n) is 4.52. The van der Waals surface area contributed by atoms with Crippen LogP contribution in [0.25, 0.3) is 10.8 Å². The molecule has 0 amide bonds. The van der Waals surface area contributed by atoms with E-state index < -0.39 is 45.8 Å². The van der Waals surface area contributed by atoms with Crippen molar-refractivity contribution in [1.29, 1.82) is 0 Å². The molecule has 3 aromatic carbocycles. The highest BCUT2D eigenvalue weighted by Crippen LogP contribution is 2.41. The van der Waals surface area contributed by atoms with Crippen LogP contribution in [0.5, 0.6) is 5.75 Å². The van der Waals surface area contributed by atoms with Gasteiger partial charge in [-0.05, 0) is 42.6 Å². The first-order valence-electron chi connectivity index (χ1n) is 9.19. The molecule has 34 heavy (non-hydrogen) atoms. The van der Waals surface area contributed by atoms with Gasteiger partial charge in [0.25, 0.3) is 20.2 Å². The highest BCUT2D eigenvalue weighted by atomic mass is 32.2. The first-order valence-corrected chi connectivity index (χ1v) is 13.7. The van der Waals surface area contributed by atoms with E-state index in [1.807, 2.05) is 0 Å². The molecule has 0 saturated heterocycles. The Kier molecular flexibility index (Phi) is 6.55. The molecule has 16 heteroatoms. The molecule has 0 aromatic heterocycles. The Morgan fingerprint density at radius 1 is 0.912 bits per heavy atom. The van der Waals surface area contributed by atoms with Crippen LogP contribution in [0.4, 0.5) is 22.7 Å². The summed E-state index contributed by atoms with van der Waals surface area (Å²) >= 11 is 0. The summed E-state index contributed by atoms with van der Waals surface area (Å²) < 4.78 is 91.0. The quantitative estimate of drug-likeness (QED) is 0.170. The lowest BCUT2D eigenvalue weighted by atomic mass is 10.1. The molecular formula is C18H18N4O9S3. The van der Waals surface area contributed by atoms with Gasteiger partial charge in [-0.3, -0.25) is 13.8 Å². The number of nitrogens with one attached hydrogen (secondary N) is 1. The van der Waals surface area contributed by atoms with Crippen molar-refractivity contribution in [3.63, 3.8) is 0 Å². The van der Waals surface area contributed by atoms with Crippen LogP contribution >= 0.6 is 0 Å². The molecule has 0 fully saturated rings. The van der Waals surface area contributed by atoms with E-state index in [-0.39, 0.29) is 39.3 Å². The molecule has 0 spiro atoms. The molecule has 0 unspecified atom stereocenters. The summed E-state index contributed by atoms with van der Waals surface area (Å²) in [4.78, 5) is -1.34. The number of nitrogens with zero attached hydrogens (tertiary/aromatic N) is 2. The Bertz CT molecular complexity index is 1650. The van der Waals surface area contributed by atoms with Crippen molar-refractivity contribution in [3.8, 4) is 5.75 Å². The molecule has 0 aliphatic rings. The SMILES string of the molecule is CCS(=O)(=O)Nc1ccc(N=Nc2c(N)ccc3cc(S(=O)(=O)O)cc(O)c23)c(S(=O)(=O)O)c1. The molecule has 6 N–H and O–H groups in total. The summed E-state index contributed by atoms with van der Waals surface area (Å²) in [5.74, 6) is -0.885. The number of anilines is 2. The minimum Gasteiger partial charge on any atom is -0.507 e. The molecule has 0 bridgehead atoms. The summed E-state index contributed by atoms with van der Waals surface area (Å²) in [6, 6.07) is 7.62. The van der Waals surface area contributed by atoms with E-state index in [2.05, 4.69) is 15.0 Å². The normalized spacial score (nSPS) is 12.9. The number of hydrogen-bond donors (Lipinski definition) is 5. The Balaban J connectivity index is 2.17. The van der Waals surface area contributed by atoms with E-state index in [1.54, 1.807) is 0 Å². The van der Waals surface area contributed by atoms with E-state index >= 15 is 0 Å². The Labute approximate surface area is 194 Å². The van der Waals surface area contributed by atoms with Crippen LogP contribution in [-0.2, 0) is 30.3 Å². The van der Waals surface area contributed by atoms with E-state index in [0.717, 1.165) is 24.3 Å². The molecule has 0 aliphatic heterocycles. The van der Waals surface area contributed by atoms with Gasteiger partial charge in [0.2, 0.25) is 10.0 Å². The lowest BCUT2D eigenvalue weighted by Gasteiger charge is -2.10. The lowest BCUT2D eigenvalue weighted by molar-refractivity contribution is 0.471.